The minimum atomic E-state index is -1.82. The molecular formula is C26H27NO8. The number of hydrogen-bond acceptors (Lipinski definition) is 9. The van der Waals surface area contributed by atoms with Gasteiger partial charge in [0.2, 0.25) is 5.78 Å². The molecule has 0 spiro atoms. The van der Waals surface area contributed by atoms with Gasteiger partial charge in [-0.05, 0) is 12.5 Å². The molecule has 2 aromatic carbocycles. The zero-order valence-electron chi connectivity index (χ0n) is 19.2. The molecule has 9 heteroatoms. The molecular weight excluding hydrogens is 454 g/mol. The first kappa shape index (κ1) is 23.5. The summed E-state index contributed by atoms with van der Waals surface area (Å²) in [5, 5.41) is 55.4. The monoisotopic (exact) mass is 481 g/mol. The molecule has 1 heterocycles. The number of β-amino-alcohol motifs (C(OH)–C–C–N with tert-alkyl or cyclic N) is 1. The molecule has 0 bridgehead atoms. The molecule has 0 saturated heterocycles. The number of rotatable bonds is 4. The summed E-state index contributed by atoms with van der Waals surface area (Å²) < 4.78 is 5.23. The molecule has 2 aromatic rings. The highest BCUT2D eigenvalue weighted by molar-refractivity contribution is 6.31. The number of methoxy groups -OCH3 is 1. The van der Waals surface area contributed by atoms with Crippen molar-refractivity contribution in [3.63, 3.8) is 0 Å². The number of fused-ring (bicyclic) bond motifs is 3. The summed E-state index contributed by atoms with van der Waals surface area (Å²) in [6.45, 7) is 1.47. The fourth-order valence-electron chi connectivity index (χ4n) is 5.50. The predicted molar refractivity (Wildman–Crippen MR) is 124 cm³/mol. The lowest BCUT2D eigenvalue weighted by Crippen LogP contribution is -2.53. The number of aromatic hydroxyl groups is 2. The number of aliphatic hydroxyl groups excluding tert-OH is 2. The van der Waals surface area contributed by atoms with Gasteiger partial charge in [0.05, 0.1) is 41.6 Å². The van der Waals surface area contributed by atoms with Crippen molar-refractivity contribution in [2.75, 3.05) is 26.7 Å². The average molecular weight is 482 g/mol. The van der Waals surface area contributed by atoms with Gasteiger partial charge in [0.1, 0.15) is 17.2 Å². The number of carbonyl (C=O) groups excluding carboxylic acids is 2. The predicted octanol–water partition coefficient (Wildman–Crippen LogP) is 1.22. The van der Waals surface area contributed by atoms with Crippen molar-refractivity contribution in [2.24, 2.45) is 0 Å². The maximum Gasteiger partial charge on any atom is 0.202 e. The van der Waals surface area contributed by atoms with Crippen molar-refractivity contribution in [2.45, 2.75) is 37.1 Å². The topological polar surface area (TPSA) is 148 Å². The van der Waals surface area contributed by atoms with Gasteiger partial charge in [-0.1, -0.05) is 24.3 Å². The number of aliphatic hydroxyl groups is 3. The normalized spacial score (nSPS) is 24.5. The maximum absolute atomic E-state index is 13.4. The second-order valence-corrected chi connectivity index (χ2v) is 9.42. The van der Waals surface area contributed by atoms with E-state index in [1.165, 1.54) is 25.3 Å². The smallest absolute Gasteiger partial charge is 0.202 e. The lowest BCUT2D eigenvalue weighted by atomic mass is 9.71. The molecule has 3 unspecified atom stereocenters. The molecule has 0 saturated carbocycles. The summed E-state index contributed by atoms with van der Waals surface area (Å²) in [5.74, 6) is -2.46. The van der Waals surface area contributed by atoms with Crippen molar-refractivity contribution in [3.05, 3.63) is 63.7 Å². The molecule has 9 nitrogen and oxygen atoms in total. The minimum Gasteiger partial charge on any atom is -0.507 e. The standard InChI is InChI=1S/C26H27NO8/c1-35-16-7-5-6-13-19(16)25(33)21-20(22(13)30)23(31)14-10-26(34,11-15(28)18(14)24(21)32)17(29)12-27-8-3-2-4-9-27/h2-3,5-7,15,17,28-29,31-32,34H,4,8-12H2,1H3. The van der Waals surface area contributed by atoms with Crippen LogP contribution >= 0.6 is 0 Å². The minimum absolute atomic E-state index is 0.0151. The number of phenols is 2. The zero-order chi connectivity index (χ0) is 25.1. The van der Waals surface area contributed by atoms with Crippen LogP contribution in [0.4, 0.5) is 0 Å². The van der Waals surface area contributed by atoms with Crippen LogP contribution in [-0.4, -0.2) is 80.4 Å². The first-order valence-corrected chi connectivity index (χ1v) is 11.5. The van der Waals surface area contributed by atoms with Gasteiger partial charge < -0.3 is 30.3 Å². The van der Waals surface area contributed by atoms with Gasteiger partial charge in [0.25, 0.3) is 0 Å². The number of hydrogen-bond donors (Lipinski definition) is 5. The van der Waals surface area contributed by atoms with E-state index in [0.29, 0.717) is 13.1 Å². The van der Waals surface area contributed by atoms with Crippen LogP contribution in [0.1, 0.15) is 61.9 Å². The quantitative estimate of drug-likeness (QED) is 0.274. The van der Waals surface area contributed by atoms with E-state index in [2.05, 4.69) is 0 Å². The molecule has 5 N–H and O–H groups in total. The SMILES string of the molecule is COc1cccc2c1C(=O)c1c(O)c3c(c(O)c1C2=O)CC(O)(C(O)CN1CC=CCC1)CC3O. The number of nitrogens with zero attached hydrogens (tertiary/aromatic N) is 1. The Morgan fingerprint density at radius 1 is 1.11 bits per heavy atom. The number of benzene rings is 2. The summed E-state index contributed by atoms with van der Waals surface area (Å²) in [7, 11) is 1.35. The van der Waals surface area contributed by atoms with Gasteiger partial charge in [0, 0.05) is 49.2 Å². The first-order valence-electron chi connectivity index (χ1n) is 11.5. The third-order valence-electron chi connectivity index (χ3n) is 7.32. The van der Waals surface area contributed by atoms with E-state index in [1.807, 2.05) is 17.1 Å². The highest BCUT2D eigenvalue weighted by atomic mass is 16.5. The molecule has 0 amide bonds. The number of phenolic OH excluding ortho intramolecular Hbond substituents is 2. The zero-order valence-corrected chi connectivity index (χ0v) is 19.2. The van der Waals surface area contributed by atoms with Crippen LogP contribution in [0.2, 0.25) is 0 Å². The largest absolute Gasteiger partial charge is 0.507 e. The summed E-state index contributed by atoms with van der Waals surface area (Å²) in [5.41, 5.74) is -2.83. The van der Waals surface area contributed by atoms with E-state index in [-0.39, 0.29) is 53.0 Å². The van der Waals surface area contributed by atoms with Gasteiger partial charge in [-0.3, -0.25) is 14.5 Å². The van der Waals surface area contributed by atoms with Crippen molar-refractivity contribution in [1.29, 1.82) is 0 Å². The molecule has 1 aliphatic heterocycles. The van der Waals surface area contributed by atoms with Gasteiger partial charge >= 0.3 is 0 Å². The number of carbonyl (C=O) groups is 2. The Balaban J connectivity index is 1.59. The van der Waals surface area contributed by atoms with Crippen molar-refractivity contribution >= 4 is 11.6 Å². The molecule has 0 fully saturated rings. The van der Waals surface area contributed by atoms with Gasteiger partial charge in [-0.25, -0.2) is 0 Å². The fraction of sp³-hybridized carbons (Fsp3) is 0.385. The molecule has 2 aliphatic carbocycles. The summed E-state index contributed by atoms with van der Waals surface area (Å²) in [6.07, 6.45) is 1.43. The van der Waals surface area contributed by atoms with E-state index in [0.717, 1.165) is 6.42 Å². The Morgan fingerprint density at radius 3 is 2.54 bits per heavy atom. The summed E-state index contributed by atoms with van der Waals surface area (Å²) >= 11 is 0. The van der Waals surface area contributed by atoms with Crippen molar-refractivity contribution < 1.29 is 39.9 Å². The Hall–Kier alpha value is -3.24. The highest BCUT2D eigenvalue weighted by Crippen LogP contribution is 2.51. The van der Waals surface area contributed by atoms with E-state index >= 15 is 0 Å². The lowest BCUT2D eigenvalue weighted by molar-refractivity contribution is -0.115. The Morgan fingerprint density at radius 2 is 1.86 bits per heavy atom. The van der Waals surface area contributed by atoms with Crippen LogP contribution in [0.15, 0.2) is 30.4 Å². The summed E-state index contributed by atoms with van der Waals surface area (Å²) in [4.78, 5) is 28.7. The molecule has 0 radical (unpaired) electrons. The average Bonchev–Trinajstić information content (AvgIpc) is 2.84. The molecule has 0 aromatic heterocycles. The second-order valence-electron chi connectivity index (χ2n) is 9.42. The number of ketones is 2. The molecule has 184 valence electrons. The second kappa shape index (κ2) is 8.46. The molecule has 35 heavy (non-hydrogen) atoms. The third kappa shape index (κ3) is 3.54. The highest BCUT2D eigenvalue weighted by Gasteiger charge is 2.48. The van der Waals surface area contributed by atoms with Crippen LogP contribution in [0.25, 0.3) is 0 Å². The van der Waals surface area contributed by atoms with Gasteiger partial charge in [-0.15, -0.1) is 0 Å². The van der Waals surface area contributed by atoms with E-state index in [9.17, 15) is 35.1 Å². The van der Waals surface area contributed by atoms with Gasteiger partial charge in [0.15, 0.2) is 5.78 Å². The van der Waals surface area contributed by atoms with E-state index in [1.54, 1.807) is 0 Å². The molecule has 3 aliphatic rings. The third-order valence-corrected chi connectivity index (χ3v) is 7.32. The lowest BCUT2D eigenvalue weighted by Gasteiger charge is -2.42. The molecule has 5 rings (SSSR count). The van der Waals surface area contributed by atoms with Crippen molar-refractivity contribution in [3.8, 4) is 17.2 Å². The Bertz CT molecular complexity index is 1270. The van der Waals surface area contributed by atoms with E-state index in [4.69, 9.17) is 4.74 Å². The van der Waals surface area contributed by atoms with Crippen LogP contribution in [0.3, 0.4) is 0 Å². The Labute approximate surface area is 201 Å². The van der Waals surface area contributed by atoms with Crippen LogP contribution in [0.5, 0.6) is 17.2 Å². The van der Waals surface area contributed by atoms with Crippen LogP contribution in [0, 0.1) is 0 Å². The molecule has 3 atom stereocenters. The van der Waals surface area contributed by atoms with Crippen LogP contribution < -0.4 is 4.74 Å². The van der Waals surface area contributed by atoms with Crippen LogP contribution in [-0.2, 0) is 6.42 Å². The first-order chi connectivity index (χ1) is 16.7. The van der Waals surface area contributed by atoms with E-state index < -0.39 is 46.4 Å². The Kier molecular flexibility index (Phi) is 5.68. The van der Waals surface area contributed by atoms with Gasteiger partial charge in [-0.2, -0.15) is 0 Å². The number of ether oxygens (including phenoxy) is 1. The van der Waals surface area contributed by atoms with Crippen molar-refractivity contribution in [1.82, 2.24) is 4.90 Å². The maximum atomic E-state index is 13.4. The fourth-order valence-corrected chi connectivity index (χ4v) is 5.50. The summed E-state index contributed by atoms with van der Waals surface area (Å²) in [6, 6.07) is 4.48.